The van der Waals surface area contributed by atoms with Crippen LogP contribution in [-0.2, 0) is 11.0 Å². The SMILES string of the molecule is CCCCCCCCCCCCC(C)S(N)=O. The molecule has 0 rings (SSSR count). The molecule has 104 valence electrons. The van der Waals surface area contributed by atoms with Gasteiger partial charge in [0.2, 0.25) is 0 Å². The van der Waals surface area contributed by atoms with Gasteiger partial charge in [-0.25, -0.2) is 4.21 Å². The molecule has 2 unspecified atom stereocenters. The summed E-state index contributed by atoms with van der Waals surface area (Å²) in [6.45, 7) is 4.24. The Hall–Kier alpha value is 0.110. The maximum atomic E-state index is 10.9. The molecule has 3 heteroatoms. The summed E-state index contributed by atoms with van der Waals surface area (Å²) in [4.78, 5) is 0. The van der Waals surface area contributed by atoms with E-state index in [2.05, 4.69) is 6.92 Å². The average molecular weight is 261 g/mol. The lowest BCUT2D eigenvalue weighted by Gasteiger charge is -2.07. The van der Waals surface area contributed by atoms with Crippen LogP contribution in [-0.4, -0.2) is 9.46 Å². The molecule has 0 radical (unpaired) electrons. The third-order valence-electron chi connectivity index (χ3n) is 3.36. The Kier molecular flexibility index (Phi) is 12.6. The second-order valence-electron chi connectivity index (χ2n) is 5.11. The van der Waals surface area contributed by atoms with Crippen LogP contribution in [0.1, 0.15) is 84.5 Å². The Morgan fingerprint density at radius 1 is 0.882 bits per heavy atom. The van der Waals surface area contributed by atoms with Crippen molar-refractivity contribution in [1.29, 1.82) is 0 Å². The third kappa shape index (κ3) is 12.4. The molecule has 0 aromatic carbocycles. The van der Waals surface area contributed by atoms with Crippen molar-refractivity contribution < 1.29 is 4.21 Å². The molecular formula is C14H31NOS. The highest BCUT2D eigenvalue weighted by Crippen LogP contribution is 2.12. The molecule has 2 N–H and O–H groups in total. The molecule has 0 saturated heterocycles. The van der Waals surface area contributed by atoms with Gasteiger partial charge in [-0.3, -0.25) is 5.14 Å². The van der Waals surface area contributed by atoms with Gasteiger partial charge >= 0.3 is 0 Å². The summed E-state index contributed by atoms with van der Waals surface area (Å²) >= 11 is 0. The maximum Gasteiger partial charge on any atom is 0.0916 e. The summed E-state index contributed by atoms with van der Waals surface area (Å²) in [5, 5.41) is 5.50. The summed E-state index contributed by atoms with van der Waals surface area (Å²) in [6, 6.07) is 0. The van der Waals surface area contributed by atoms with Gasteiger partial charge in [0.05, 0.1) is 11.0 Å². The van der Waals surface area contributed by atoms with E-state index in [-0.39, 0.29) is 5.25 Å². The molecule has 0 aromatic rings. The van der Waals surface area contributed by atoms with Crippen LogP contribution in [0.3, 0.4) is 0 Å². The van der Waals surface area contributed by atoms with Crippen LogP contribution in [0.5, 0.6) is 0 Å². The average Bonchev–Trinajstić information content (AvgIpc) is 2.31. The first-order valence-corrected chi connectivity index (χ1v) is 8.61. The lowest BCUT2D eigenvalue weighted by Crippen LogP contribution is -2.17. The summed E-state index contributed by atoms with van der Waals surface area (Å²) in [6.07, 6.45) is 14.5. The topological polar surface area (TPSA) is 43.1 Å². The minimum Gasteiger partial charge on any atom is -0.252 e. The predicted molar refractivity (Wildman–Crippen MR) is 78.3 cm³/mol. The summed E-state index contributed by atoms with van der Waals surface area (Å²) in [5.74, 6) is 0. The van der Waals surface area contributed by atoms with Crippen LogP contribution in [0, 0.1) is 0 Å². The van der Waals surface area contributed by atoms with Crippen LogP contribution < -0.4 is 5.14 Å². The molecule has 0 heterocycles. The van der Waals surface area contributed by atoms with Gasteiger partial charge in [0.15, 0.2) is 0 Å². The van der Waals surface area contributed by atoms with E-state index in [0.29, 0.717) is 0 Å². The van der Waals surface area contributed by atoms with Crippen molar-refractivity contribution in [3.8, 4) is 0 Å². The Labute approximate surface area is 110 Å². The highest BCUT2D eigenvalue weighted by Gasteiger charge is 2.05. The Morgan fingerprint density at radius 3 is 1.71 bits per heavy atom. The largest absolute Gasteiger partial charge is 0.252 e. The molecular weight excluding hydrogens is 230 g/mol. The van der Waals surface area contributed by atoms with Crippen LogP contribution in [0.15, 0.2) is 0 Å². The second kappa shape index (κ2) is 12.6. The zero-order valence-corrected chi connectivity index (χ0v) is 12.6. The fraction of sp³-hybridized carbons (Fsp3) is 1.00. The fourth-order valence-electron chi connectivity index (χ4n) is 2.04. The zero-order valence-electron chi connectivity index (χ0n) is 11.7. The minimum absolute atomic E-state index is 0.170. The van der Waals surface area contributed by atoms with E-state index in [9.17, 15) is 4.21 Å². The number of unbranched alkanes of at least 4 members (excludes halogenated alkanes) is 9. The van der Waals surface area contributed by atoms with Crippen molar-refractivity contribution in [3.05, 3.63) is 0 Å². The van der Waals surface area contributed by atoms with Crippen molar-refractivity contribution in [2.45, 2.75) is 89.7 Å². The highest BCUT2D eigenvalue weighted by atomic mass is 32.2. The van der Waals surface area contributed by atoms with Crippen molar-refractivity contribution in [2.75, 3.05) is 0 Å². The van der Waals surface area contributed by atoms with Gasteiger partial charge < -0.3 is 0 Å². The molecule has 0 spiro atoms. The molecule has 0 saturated carbocycles. The standard InChI is InChI=1S/C14H31NOS/c1-3-4-5-6-7-8-9-10-11-12-13-14(2)17(15)16/h14H,3-13,15H2,1-2H3. The summed E-state index contributed by atoms with van der Waals surface area (Å²) in [7, 11) is -1.12. The molecule has 0 aliphatic heterocycles. The van der Waals surface area contributed by atoms with E-state index in [1.807, 2.05) is 6.92 Å². The zero-order chi connectivity index (χ0) is 12.9. The molecule has 2 nitrogen and oxygen atoms in total. The normalized spacial score (nSPS) is 14.8. The summed E-state index contributed by atoms with van der Waals surface area (Å²) in [5.41, 5.74) is 0. The molecule has 0 bridgehead atoms. The van der Waals surface area contributed by atoms with E-state index in [4.69, 9.17) is 5.14 Å². The van der Waals surface area contributed by atoms with E-state index in [0.717, 1.165) is 6.42 Å². The lowest BCUT2D eigenvalue weighted by molar-refractivity contribution is 0.547. The first-order chi connectivity index (χ1) is 8.18. The number of nitrogens with two attached hydrogens (primary N) is 1. The quantitative estimate of drug-likeness (QED) is 0.523. The third-order valence-corrected chi connectivity index (χ3v) is 4.39. The van der Waals surface area contributed by atoms with Gasteiger partial charge in [-0.2, -0.15) is 0 Å². The van der Waals surface area contributed by atoms with E-state index >= 15 is 0 Å². The fourth-order valence-corrected chi connectivity index (χ4v) is 2.43. The Bertz CT molecular complexity index is 185. The summed E-state index contributed by atoms with van der Waals surface area (Å²) < 4.78 is 10.9. The molecule has 0 fully saturated rings. The van der Waals surface area contributed by atoms with Gasteiger partial charge in [-0.1, -0.05) is 71.1 Å². The van der Waals surface area contributed by atoms with Gasteiger partial charge in [0.25, 0.3) is 0 Å². The predicted octanol–water partition coefficient (Wildman–Crippen LogP) is 4.31. The van der Waals surface area contributed by atoms with Crippen molar-refractivity contribution in [2.24, 2.45) is 5.14 Å². The first-order valence-electron chi connectivity index (χ1n) is 7.33. The van der Waals surface area contributed by atoms with Crippen LogP contribution >= 0.6 is 0 Å². The molecule has 0 amide bonds. The highest BCUT2D eigenvalue weighted by molar-refractivity contribution is 7.83. The van der Waals surface area contributed by atoms with E-state index in [1.54, 1.807) is 0 Å². The van der Waals surface area contributed by atoms with Crippen molar-refractivity contribution >= 4 is 11.0 Å². The molecule has 0 aromatic heterocycles. The van der Waals surface area contributed by atoms with Crippen LogP contribution in [0.4, 0.5) is 0 Å². The molecule has 0 aliphatic rings. The Balaban J connectivity index is 3.06. The van der Waals surface area contributed by atoms with E-state index < -0.39 is 11.0 Å². The number of hydrogen-bond acceptors (Lipinski definition) is 1. The second-order valence-corrected chi connectivity index (χ2v) is 6.57. The van der Waals surface area contributed by atoms with Gasteiger partial charge in [-0.05, 0) is 13.3 Å². The molecule has 17 heavy (non-hydrogen) atoms. The molecule has 2 atom stereocenters. The van der Waals surface area contributed by atoms with Crippen LogP contribution in [0.25, 0.3) is 0 Å². The smallest absolute Gasteiger partial charge is 0.0916 e. The maximum absolute atomic E-state index is 10.9. The molecule has 0 aliphatic carbocycles. The minimum atomic E-state index is -1.12. The number of hydrogen-bond donors (Lipinski definition) is 1. The van der Waals surface area contributed by atoms with Crippen molar-refractivity contribution in [1.82, 2.24) is 0 Å². The Morgan fingerprint density at radius 2 is 1.29 bits per heavy atom. The van der Waals surface area contributed by atoms with Gasteiger partial charge in [0, 0.05) is 5.25 Å². The number of rotatable bonds is 12. The monoisotopic (exact) mass is 261 g/mol. The van der Waals surface area contributed by atoms with E-state index in [1.165, 1.54) is 64.2 Å². The lowest BCUT2D eigenvalue weighted by atomic mass is 10.1. The first kappa shape index (κ1) is 17.1. The van der Waals surface area contributed by atoms with Gasteiger partial charge in [0.1, 0.15) is 0 Å². The van der Waals surface area contributed by atoms with Crippen molar-refractivity contribution in [3.63, 3.8) is 0 Å². The van der Waals surface area contributed by atoms with Gasteiger partial charge in [-0.15, -0.1) is 0 Å². The van der Waals surface area contributed by atoms with Crippen LogP contribution in [0.2, 0.25) is 0 Å².